The lowest BCUT2D eigenvalue weighted by atomic mass is 9.97. The maximum absolute atomic E-state index is 12.8. The third-order valence-corrected chi connectivity index (χ3v) is 6.65. The molecule has 0 radical (unpaired) electrons. The highest BCUT2D eigenvalue weighted by molar-refractivity contribution is 6.31. The smallest absolute Gasteiger partial charge is 0.412 e. The van der Waals surface area contributed by atoms with Crippen LogP contribution in [-0.2, 0) is 16.0 Å². The number of ether oxygens (including phenoxy) is 1. The van der Waals surface area contributed by atoms with Crippen LogP contribution in [0.1, 0.15) is 29.8 Å². The van der Waals surface area contributed by atoms with Gasteiger partial charge in [0.15, 0.2) is 5.76 Å². The Bertz CT molecular complexity index is 1640. The van der Waals surface area contributed by atoms with Gasteiger partial charge in [0.25, 0.3) is 0 Å². The van der Waals surface area contributed by atoms with Crippen LogP contribution in [-0.4, -0.2) is 27.3 Å². The predicted octanol–water partition coefficient (Wildman–Crippen LogP) is 7.39. The van der Waals surface area contributed by atoms with E-state index in [1.807, 2.05) is 60.8 Å². The Labute approximate surface area is 223 Å². The van der Waals surface area contributed by atoms with Gasteiger partial charge in [-0.15, -0.1) is 0 Å². The van der Waals surface area contributed by atoms with Gasteiger partial charge in [0.05, 0.1) is 11.9 Å². The number of benzene rings is 3. The number of aromatic amines is 1. The number of carbonyl (C=O) groups is 2. The third kappa shape index (κ3) is 4.99. The summed E-state index contributed by atoms with van der Waals surface area (Å²) in [5.41, 5.74) is 5.76. The van der Waals surface area contributed by atoms with E-state index in [9.17, 15) is 9.59 Å². The number of hydrogen-bond donors (Lipinski definition) is 3. The number of nitrogens with zero attached hydrogens (tertiary/aromatic N) is 1. The van der Waals surface area contributed by atoms with E-state index >= 15 is 0 Å². The number of aliphatic carboxylic acids is 1. The van der Waals surface area contributed by atoms with Crippen LogP contribution in [0.15, 0.2) is 77.4 Å². The summed E-state index contributed by atoms with van der Waals surface area (Å²) in [7, 11) is 0. The Hall–Kier alpha value is -4.56. The number of aryl methyl sites for hydroxylation is 1. The fourth-order valence-electron chi connectivity index (χ4n) is 4.44. The first kappa shape index (κ1) is 25.1. The highest BCUT2D eigenvalue weighted by atomic mass is 35.5. The van der Waals surface area contributed by atoms with E-state index < -0.39 is 18.2 Å². The number of H-pyrrole nitrogens is 1. The molecule has 1 unspecified atom stereocenters. The van der Waals surface area contributed by atoms with Crippen molar-refractivity contribution in [2.45, 2.75) is 26.4 Å². The van der Waals surface area contributed by atoms with Crippen LogP contribution < -0.4 is 5.32 Å². The Balaban J connectivity index is 1.43. The first-order valence-corrected chi connectivity index (χ1v) is 12.3. The molecule has 3 N–H and O–H groups in total. The van der Waals surface area contributed by atoms with Gasteiger partial charge in [0.2, 0.25) is 0 Å². The molecule has 38 heavy (non-hydrogen) atoms. The Morgan fingerprint density at radius 2 is 1.82 bits per heavy atom. The van der Waals surface area contributed by atoms with Gasteiger partial charge in [-0.3, -0.25) is 10.1 Å². The van der Waals surface area contributed by atoms with Gasteiger partial charge in [-0.05, 0) is 48.7 Å². The molecule has 9 heteroatoms. The normalized spacial score (nSPS) is 11.9. The number of nitrogens with one attached hydrogen (secondary N) is 2. The van der Waals surface area contributed by atoms with Crippen LogP contribution in [0.3, 0.4) is 0 Å². The Kier molecular flexibility index (Phi) is 6.89. The molecule has 0 fully saturated rings. The molecule has 2 heterocycles. The largest absolute Gasteiger partial charge is 0.481 e. The Morgan fingerprint density at radius 3 is 2.55 bits per heavy atom. The van der Waals surface area contributed by atoms with E-state index in [0.29, 0.717) is 33.3 Å². The highest BCUT2D eigenvalue weighted by Gasteiger charge is 2.23. The second-order valence-corrected chi connectivity index (χ2v) is 9.27. The molecule has 0 aliphatic rings. The number of rotatable bonds is 7. The number of amides is 1. The van der Waals surface area contributed by atoms with Crippen molar-refractivity contribution in [3.8, 4) is 22.5 Å². The number of halogens is 1. The van der Waals surface area contributed by atoms with Crippen molar-refractivity contribution in [2.24, 2.45) is 0 Å². The monoisotopic (exact) mass is 529 g/mol. The number of fused-ring (bicyclic) bond motifs is 1. The fraction of sp³-hybridized carbons (Fsp3) is 0.138. The van der Waals surface area contributed by atoms with E-state index in [0.717, 1.165) is 27.6 Å². The summed E-state index contributed by atoms with van der Waals surface area (Å²) in [4.78, 5) is 27.1. The maximum atomic E-state index is 12.8. The summed E-state index contributed by atoms with van der Waals surface area (Å²) in [6.45, 7) is 3.48. The molecule has 0 aliphatic carbocycles. The quantitative estimate of drug-likeness (QED) is 0.202. The summed E-state index contributed by atoms with van der Waals surface area (Å²) in [6.07, 6.45) is 0.570. The summed E-state index contributed by atoms with van der Waals surface area (Å²) >= 11 is 6.24. The zero-order valence-corrected chi connectivity index (χ0v) is 21.4. The lowest BCUT2D eigenvalue weighted by Gasteiger charge is -2.15. The minimum atomic E-state index is -0.871. The minimum absolute atomic E-state index is 0.0288. The summed E-state index contributed by atoms with van der Waals surface area (Å²) in [5, 5.41) is 17.3. The molecular weight excluding hydrogens is 506 g/mol. The van der Waals surface area contributed by atoms with E-state index in [2.05, 4.69) is 15.5 Å². The maximum Gasteiger partial charge on any atom is 0.412 e. The second-order valence-electron chi connectivity index (χ2n) is 8.86. The molecule has 0 saturated carbocycles. The topological polar surface area (TPSA) is 117 Å². The molecule has 0 spiro atoms. The number of carbonyl (C=O) groups excluding carboxylic acids is 1. The third-order valence-electron chi connectivity index (χ3n) is 6.30. The summed E-state index contributed by atoms with van der Waals surface area (Å²) in [6, 6.07) is 20.4. The molecule has 0 bridgehead atoms. The Morgan fingerprint density at radius 1 is 1.08 bits per heavy atom. The molecule has 2 aromatic heterocycles. The van der Waals surface area contributed by atoms with Crippen molar-refractivity contribution in [2.75, 3.05) is 5.32 Å². The lowest BCUT2D eigenvalue weighted by molar-refractivity contribution is -0.136. The first-order valence-electron chi connectivity index (χ1n) is 11.9. The van der Waals surface area contributed by atoms with Crippen LogP contribution in [0.25, 0.3) is 33.4 Å². The molecule has 192 valence electrons. The summed E-state index contributed by atoms with van der Waals surface area (Å²) < 4.78 is 11.2. The lowest BCUT2D eigenvalue weighted by Crippen LogP contribution is -2.17. The summed E-state index contributed by atoms with van der Waals surface area (Å²) in [5.74, 6) is -0.482. The van der Waals surface area contributed by atoms with Gasteiger partial charge in [-0.1, -0.05) is 65.3 Å². The van der Waals surface area contributed by atoms with Crippen LogP contribution >= 0.6 is 11.6 Å². The molecule has 3 aromatic carbocycles. The van der Waals surface area contributed by atoms with E-state index in [4.69, 9.17) is 26.0 Å². The van der Waals surface area contributed by atoms with Crippen molar-refractivity contribution < 1.29 is 24.0 Å². The van der Waals surface area contributed by atoms with E-state index in [1.165, 1.54) is 0 Å². The molecule has 1 amide bonds. The number of carboxylic acids is 1. The predicted molar refractivity (Wildman–Crippen MR) is 145 cm³/mol. The molecule has 0 saturated heterocycles. The van der Waals surface area contributed by atoms with Gasteiger partial charge in [-0.2, -0.15) is 0 Å². The van der Waals surface area contributed by atoms with Crippen molar-refractivity contribution >= 4 is 40.3 Å². The molecular formula is C29H24ClN3O5. The van der Waals surface area contributed by atoms with Crippen molar-refractivity contribution in [1.82, 2.24) is 10.1 Å². The highest BCUT2D eigenvalue weighted by Crippen LogP contribution is 2.39. The van der Waals surface area contributed by atoms with Crippen molar-refractivity contribution in [3.63, 3.8) is 0 Å². The number of hydrogen-bond acceptors (Lipinski definition) is 5. The first-order chi connectivity index (χ1) is 18.3. The van der Waals surface area contributed by atoms with E-state index in [1.54, 1.807) is 26.0 Å². The average Bonchev–Trinajstić information content (AvgIpc) is 3.51. The standard InChI is InChI=1S/C29H24ClN3O5/c1-16-26(32-29(36)37-17(2)20-5-3-4-6-24(20)30)28(38-33-16)23-12-11-21(22-13-14-31-27(22)23)19-9-7-18(8-10-19)15-25(34)35/h3-14,17,31H,15H2,1-2H3,(H,32,36)(H,34,35). The van der Waals surface area contributed by atoms with Gasteiger partial charge < -0.3 is 19.4 Å². The van der Waals surface area contributed by atoms with Crippen LogP contribution in [0.5, 0.6) is 0 Å². The molecule has 5 aromatic rings. The van der Waals surface area contributed by atoms with Crippen molar-refractivity contribution in [3.05, 3.63) is 94.8 Å². The molecule has 5 rings (SSSR count). The van der Waals surface area contributed by atoms with Gasteiger partial charge in [0, 0.05) is 27.7 Å². The SMILES string of the molecule is Cc1noc(-c2ccc(-c3ccc(CC(=O)O)cc3)c3cc[nH]c23)c1NC(=O)OC(C)c1ccccc1Cl. The van der Waals surface area contributed by atoms with Gasteiger partial charge in [-0.25, -0.2) is 4.79 Å². The van der Waals surface area contributed by atoms with Crippen molar-refractivity contribution in [1.29, 1.82) is 0 Å². The van der Waals surface area contributed by atoms with E-state index in [-0.39, 0.29) is 6.42 Å². The van der Waals surface area contributed by atoms with Gasteiger partial charge in [0.1, 0.15) is 17.5 Å². The van der Waals surface area contributed by atoms with Crippen LogP contribution in [0.4, 0.5) is 10.5 Å². The molecule has 1 atom stereocenters. The minimum Gasteiger partial charge on any atom is -0.481 e. The number of aromatic nitrogens is 2. The fourth-order valence-corrected chi connectivity index (χ4v) is 4.72. The zero-order chi connectivity index (χ0) is 26.8. The van der Waals surface area contributed by atoms with Gasteiger partial charge >= 0.3 is 12.1 Å². The second kappa shape index (κ2) is 10.4. The number of carboxylic acid groups (broad SMARTS) is 1. The van der Waals surface area contributed by atoms with Crippen LogP contribution in [0.2, 0.25) is 5.02 Å². The zero-order valence-electron chi connectivity index (χ0n) is 20.6. The molecule has 0 aliphatic heterocycles. The number of anilines is 1. The van der Waals surface area contributed by atoms with Crippen LogP contribution in [0, 0.1) is 6.92 Å². The average molecular weight is 530 g/mol. The molecule has 8 nitrogen and oxygen atoms in total.